The Hall–Kier alpha value is -1.79. The van der Waals surface area contributed by atoms with Gasteiger partial charge in [0.1, 0.15) is 6.04 Å². The van der Waals surface area contributed by atoms with Crippen molar-refractivity contribution in [1.29, 1.82) is 0 Å². The van der Waals surface area contributed by atoms with Gasteiger partial charge in [0.2, 0.25) is 5.91 Å². The molecule has 1 rings (SSSR count). The van der Waals surface area contributed by atoms with Gasteiger partial charge < -0.3 is 21.1 Å². The van der Waals surface area contributed by atoms with Crippen LogP contribution in [0.5, 0.6) is 0 Å². The van der Waals surface area contributed by atoms with Crippen molar-refractivity contribution in [3.63, 3.8) is 0 Å². The first-order valence-corrected chi connectivity index (χ1v) is 5.05. The highest BCUT2D eigenvalue weighted by atomic mass is 16.4. The fourth-order valence-corrected chi connectivity index (χ4v) is 1.36. The molecule has 2 atom stereocenters. The third-order valence-electron chi connectivity index (χ3n) is 2.31. The normalized spacial score (nSPS) is 21.1. The average molecular weight is 229 g/mol. The zero-order chi connectivity index (χ0) is 12.1. The second-order valence-electron chi connectivity index (χ2n) is 3.72. The monoisotopic (exact) mass is 229 g/mol. The van der Waals surface area contributed by atoms with Crippen LogP contribution >= 0.6 is 0 Å². The summed E-state index contributed by atoms with van der Waals surface area (Å²) in [5.41, 5.74) is 0. The van der Waals surface area contributed by atoms with Gasteiger partial charge >= 0.3 is 12.0 Å². The Bertz CT molecular complexity index is 305. The summed E-state index contributed by atoms with van der Waals surface area (Å²) in [6, 6.07) is -1.53. The lowest BCUT2D eigenvalue weighted by atomic mass is 10.2. The van der Waals surface area contributed by atoms with Crippen LogP contribution in [0.15, 0.2) is 0 Å². The van der Waals surface area contributed by atoms with Gasteiger partial charge in [0.25, 0.3) is 0 Å². The van der Waals surface area contributed by atoms with Gasteiger partial charge in [-0.05, 0) is 13.3 Å². The average Bonchev–Trinajstić information content (AvgIpc) is 2.61. The van der Waals surface area contributed by atoms with Gasteiger partial charge in [0, 0.05) is 19.0 Å². The van der Waals surface area contributed by atoms with E-state index in [1.165, 1.54) is 6.92 Å². The van der Waals surface area contributed by atoms with Crippen LogP contribution in [0.2, 0.25) is 0 Å². The number of hydrogen-bond acceptors (Lipinski definition) is 3. The Morgan fingerprint density at radius 2 is 2.31 bits per heavy atom. The van der Waals surface area contributed by atoms with E-state index in [0.717, 1.165) is 0 Å². The molecule has 1 saturated heterocycles. The van der Waals surface area contributed by atoms with E-state index in [1.54, 1.807) is 0 Å². The molecule has 7 nitrogen and oxygen atoms in total. The third-order valence-corrected chi connectivity index (χ3v) is 2.31. The summed E-state index contributed by atoms with van der Waals surface area (Å²) in [6.45, 7) is 1.68. The molecule has 1 unspecified atom stereocenters. The van der Waals surface area contributed by atoms with Crippen molar-refractivity contribution in [1.82, 2.24) is 16.0 Å². The highest BCUT2D eigenvalue weighted by Crippen LogP contribution is 2.04. The Balaban J connectivity index is 2.20. The Morgan fingerprint density at radius 1 is 1.62 bits per heavy atom. The minimum atomic E-state index is -1.09. The fourth-order valence-electron chi connectivity index (χ4n) is 1.36. The molecule has 1 heterocycles. The molecule has 7 heteroatoms. The minimum absolute atomic E-state index is 0.0221. The molecule has 0 bridgehead atoms. The second-order valence-corrected chi connectivity index (χ2v) is 3.72. The zero-order valence-electron chi connectivity index (χ0n) is 8.95. The van der Waals surface area contributed by atoms with Crippen LogP contribution in [-0.2, 0) is 9.59 Å². The maximum atomic E-state index is 11.2. The van der Waals surface area contributed by atoms with Crippen LogP contribution < -0.4 is 16.0 Å². The fraction of sp³-hybridized carbons (Fsp3) is 0.667. The summed E-state index contributed by atoms with van der Waals surface area (Å²) in [5.74, 6) is -1.12. The first-order valence-electron chi connectivity index (χ1n) is 5.05. The van der Waals surface area contributed by atoms with Gasteiger partial charge in [0.15, 0.2) is 0 Å². The lowest BCUT2D eigenvalue weighted by Gasteiger charge is -2.13. The quantitative estimate of drug-likeness (QED) is 0.497. The number of amides is 3. The van der Waals surface area contributed by atoms with Gasteiger partial charge in [-0.2, -0.15) is 0 Å². The number of rotatable bonds is 4. The van der Waals surface area contributed by atoms with E-state index >= 15 is 0 Å². The number of urea groups is 1. The molecule has 0 aromatic heterocycles. The van der Waals surface area contributed by atoms with Crippen molar-refractivity contribution >= 4 is 17.9 Å². The van der Waals surface area contributed by atoms with Gasteiger partial charge in [-0.1, -0.05) is 0 Å². The van der Waals surface area contributed by atoms with E-state index in [0.29, 0.717) is 19.4 Å². The molecule has 0 aliphatic carbocycles. The summed E-state index contributed by atoms with van der Waals surface area (Å²) in [7, 11) is 0. The molecule has 0 saturated carbocycles. The Morgan fingerprint density at radius 3 is 2.81 bits per heavy atom. The molecular weight excluding hydrogens is 214 g/mol. The topological polar surface area (TPSA) is 108 Å². The van der Waals surface area contributed by atoms with E-state index in [1.807, 2.05) is 0 Å². The van der Waals surface area contributed by atoms with Gasteiger partial charge in [0.05, 0.1) is 0 Å². The maximum absolute atomic E-state index is 11.2. The molecule has 1 fully saturated rings. The second kappa shape index (κ2) is 5.34. The van der Waals surface area contributed by atoms with Crippen molar-refractivity contribution in [2.75, 3.05) is 6.54 Å². The number of nitrogens with one attached hydrogen (secondary N) is 3. The van der Waals surface area contributed by atoms with Crippen molar-refractivity contribution in [3.05, 3.63) is 0 Å². The molecule has 0 radical (unpaired) electrons. The van der Waals surface area contributed by atoms with E-state index in [2.05, 4.69) is 16.0 Å². The molecule has 0 spiro atoms. The Kier molecular flexibility index (Phi) is 4.10. The van der Waals surface area contributed by atoms with Crippen molar-refractivity contribution < 1.29 is 19.5 Å². The van der Waals surface area contributed by atoms with Crippen molar-refractivity contribution in [3.8, 4) is 0 Å². The molecule has 0 aromatic rings. The van der Waals surface area contributed by atoms with Crippen LogP contribution in [0.4, 0.5) is 4.79 Å². The van der Waals surface area contributed by atoms with Crippen LogP contribution in [0.1, 0.15) is 19.8 Å². The highest BCUT2D eigenvalue weighted by Gasteiger charge is 2.21. The van der Waals surface area contributed by atoms with Crippen LogP contribution in [0.25, 0.3) is 0 Å². The highest BCUT2D eigenvalue weighted by molar-refractivity contribution is 5.82. The van der Waals surface area contributed by atoms with E-state index in [4.69, 9.17) is 5.11 Å². The number of carboxylic acid groups (broad SMARTS) is 1. The SMILES string of the molecule is C[C@@H](NC(=O)NCC1CCC(=O)N1)C(=O)O. The maximum Gasteiger partial charge on any atom is 0.325 e. The standard InChI is InChI=1S/C9H15N3O4/c1-5(8(14)15)11-9(16)10-4-6-2-3-7(13)12-6/h5-6H,2-4H2,1H3,(H,12,13)(H,14,15)(H2,10,11,16)/t5-,6?/m1/s1. The predicted octanol–water partition coefficient (Wildman–Crippen LogP) is -0.963. The lowest BCUT2D eigenvalue weighted by Crippen LogP contribution is -2.47. The van der Waals surface area contributed by atoms with E-state index in [9.17, 15) is 14.4 Å². The van der Waals surface area contributed by atoms with Gasteiger partial charge in [-0.15, -0.1) is 0 Å². The largest absolute Gasteiger partial charge is 0.480 e. The minimum Gasteiger partial charge on any atom is -0.480 e. The molecule has 16 heavy (non-hydrogen) atoms. The number of carbonyl (C=O) groups excluding carboxylic acids is 2. The summed E-state index contributed by atoms with van der Waals surface area (Å²) >= 11 is 0. The van der Waals surface area contributed by atoms with Crippen molar-refractivity contribution in [2.45, 2.75) is 31.8 Å². The summed E-state index contributed by atoms with van der Waals surface area (Å²) in [4.78, 5) is 32.5. The first-order chi connectivity index (χ1) is 7.49. The van der Waals surface area contributed by atoms with E-state index in [-0.39, 0.29) is 11.9 Å². The molecule has 3 amide bonds. The van der Waals surface area contributed by atoms with Crippen LogP contribution in [0, 0.1) is 0 Å². The summed E-state index contributed by atoms with van der Waals surface area (Å²) in [6.07, 6.45) is 1.16. The smallest absolute Gasteiger partial charge is 0.325 e. The lowest BCUT2D eigenvalue weighted by molar-refractivity contribution is -0.138. The number of carbonyl (C=O) groups is 3. The van der Waals surface area contributed by atoms with Crippen LogP contribution in [-0.4, -0.2) is 41.6 Å². The number of aliphatic carboxylic acids is 1. The zero-order valence-corrected chi connectivity index (χ0v) is 8.95. The first kappa shape index (κ1) is 12.3. The van der Waals surface area contributed by atoms with Gasteiger partial charge in [-0.25, -0.2) is 4.79 Å². The molecule has 1 aliphatic heterocycles. The number of carboxylic acids is 1. The molecule has 4 N–H and O–H groups in total. The van der Waals surface area contributed by atoms with Crippen LogP contribution in [0.3, 0.4) is 0 Å². The molecular formula is C9H15N3O4. The molecule has 1 aliphatic rings. The Labute approximate surface area is 92.6 Å². The number of hydrogen-bond donors (Lipinski definition) is 4. The van der Waals surface area contributed by atoms with Crippen molar-refractivity contribution in [2.24, 2.45) is 0 Å². The third kappa shape index (κ3) is 3.76. The molecule has 0 aromatic carbocycles. The summed E-state index contributed by atoms with van der Waals surface area (Å²) in [5, 5.41) is 16.0. The predicted molar refractivity (Wildman–Crippen MR) is 54.8 cm³/mol. The van der Waals surface area contributed by atoms with E-state index < -0.39 is 18.0 Å². The van der Waals surface area contributed by atoms with Gasteiger partial charge in [-0.3, -0.25) is 9.59 Å². The summed E-state index contributed by atoms with van der Waals surface area (Å²) < 4.78 is 0. The molecule has 90 valence electrons.